The maximum atomic E-state index is 13.7. The molecule has 102 valence electrons. The number of aromatic nitrogens is 2. The van der Waals surface area contributed by atoms with E-state index in [1.165, 1.54) is 29.5 Å². The molecular formula is C12H9F2N5S. The lowest BCUT2D eigenvalue weighted by molar-refractivity contribution is 0.590. The first kappa shape index (κ1) is 12.7. The van der Waals surface area contributed by atoms with Crippen LogP contribution in [-0.4, -0.2) is 9.97 Å². The number of nitrogens with one attached hydrogen (secondary N) is 2. The summed E-state index contributed by atoms with van der Waals surface area (Å²) in [6.07, 6.45) is 0. The number of hydrogen-bond donors (Lipinski definition) is 3. The minimum Gasteiger partial charge on any atom is -0.334 e. The second-order valence-corrected chi connectivity index (χ2v) is 4.81. The fourth-order valence-electron chi connectivity index (χ4n) is 1.75. The zero-order valence-corrected chi connectivity index (χ0v) is 10.8. The molecule has 8 heteroatoms. The van der Waals surface area contributed by atoms with Gasteiger partial charge in [-0.25, -0.2) is 19.6 Å². The molecule has 0 aliphatic heterocycles. The zero-order chi connectivity index (χ0) is 14.1. The number of nitrogens with zero attached hydrogens (tertiary/aromatic N) is 2. The standard InChI is InChI=1S/C12H9F2N5S/c13-6-2-1-3-7(14)9(6)17-11-10-8(4-5-20-10)16-12(18-11)19-15/h1-5H,15H2,(H2,16,17,18,19). The number of benzene rings is 1. The highest BCUT2D eigenvalue weighted by Gasteiger charge is 2.13. The Balaban J connectivity index is 2.12. The van der Waals surface area contributed by atoms with Crippen molar-refractivity contribution >= 4 is 39.0 Å². The van der Waals surface area contributed by atoms with Crippen LogP contribution >= 0.6 is 11.3 Å². The van der Waals surface area contributed by atoms with Crippen molar-refractivity contribution in [3.05, 3.63) is 41.3 Å². The van der Waals surface area contributed by atoms with Crippen LogP contribution in [0, 0.1) is 11.6 Å². The summed E-state index contributed by atoms with van der Waals surface area (Å²) in [6, 6.07) is 5.40. The summed E-state index contributed by atoms with van der Waals surface area (Å²) in [5.41, 5.74) is 2.70. The molecule has 0 aliphatic rings. The zero-order valence-electron chi connectivity index (χ0n) is 10.0. The van der Waals surface area contributed by atoms with Gasteiger partial charge in [0, 0.05) is 0 Å². The highest BCUT2D eigenvalue weighted by Crippen LogP contribution is 2.31. The molecule has 20 heavy (non-hydrogen) atoms. The Kier molecular flexibility index (Phi) is 3.17. The maximum absolute atomic E-state index is 13.7. The minimum atomic E-state index is -0.699. The maximum Gasteiger partial charge on any atom is 0.239 e. The molecule has 0 atom stereocenters. The Morgan fingerprint density at radius 3 is 2.55 bits per heavy atom. The van der Waals surface area contributed by atoms with E-state index in [1.807, 2.05) is 5.38 Å². The van der Waals surface area contributed by atoms with E-state index in [0.717, 1.165) is 0 Å². The first-order valence-corrected chi connectivity index (χ1v) is 6.50. The second-order valence-electron chi connectivity index (χ2n) is 3.90. The smallest absolute Gasteiger partial charge is 0.239 e. The van der Waals surface area contributed by atoms with E-state index >= 15 is 0 Å². The Bertz CT molecular complexity index is 753. The van der Waals surface area contributed by atoms with Gasteiger partial charge in [-0.05, 0) is 23.6 Å². The molecule has 0 fully saturated rings. The highest BCUT2D eigenvalue weighted by molar-refractivity contribution is 7.17. The van der Waals surface area contributed by atoms with Crippen molar-refractivity contribution in [2.75, 3.05) is 10.7 Å². The molecule has 3 rings (SSSR count). The third-order valence-electron chi connectivity index (χ3n) is 2.64. The van der Waals surface area contributed by atoms with Crippen molar-refractivity contribution in [2.45, 2.75) is 0 Å². The van der Waals surface area contributed by atoms with Gasteiger partial charge in [-0.15, -0.1) is 11.3 Å². The molecule has 2 aromatic heterocycles. The van der Waals surface area contributed by atoms with Crippen LogP contribution in [0.4, 0.5) is 26.2 Å². The summed E-state index contributed by atoms with van der Waals surface area (Å²) >= 11 is 1.36. The first-order valence-electron chi connectivity index (χ1n) is 5.62. The number of hydrogen-bond acceptors (Lipinski definition) is 6. The molecule has 0 amide bonds. The number of thiophene rings is 1. The van der Waals surface area contributed by atoms with Crippen molar-refractivity contribution in [3.63, 3.8) is 0 Å². The average molecular weight is 293 g/mol. The number of hydrazine groups is 1. The number of nitrogens with two attached hydrogens (primary N) is 1. The number of anilines is 3. The van der Waals surface area contributed by atoms with Crippen molar-refractivity contribution in [1.82, 2.24) is 9.97 Å². The summed E-state index contributed by atoms with van der Waals surface area (Å²) in [7, 11) is 0. The van der Waals surface area contributed by atoms with Crippen molar-refractivity contribution in [1.29, 1.82) is 0 Å². The normalized spacial score (nSPS) is 10.8. The van der Waals surface area contributed by atoms with E-state index in [-0.39, 0.29) is 11.6 Å². The molecule has 0 bridgehead atoms. The van der Waals surface area contributed by atoms with E-state index in [9.17, 15) is 8.78 Å². The van der Waals surface area contributed by atoms with Crippen molar-refractivity contribution < 1.29 is 8.78 Å². The number of nitrogen functional groups attached to an aromatic ring is 1. The number of rotatable bonds is 3. The van der Waals surface area contributed by atoms with Gasteiger partial charge in [0.1, 0.15) is 17.3 Å². The second kappa shape index (κ2) is 4.99. The molecule has 3 aromatic rings. The van der Waals surface area contributed by atoms with Gasteiger partial charge in [-0.3, -0.25) is 5.43 Å². The predicted molar refractivity (Wildman–Crippen MR) is 74.9 cm³/mol. The Morgan fingerprint density at radius 1 is 1.10 bits per heavy atom. The van der Waals surface area contributed by atoms with Crippen LogP contribution in [0.15, 0.2) is 29.6 Å². The summed E-state index contributed by atoms with van der Waals surface area (Å²) < 4.78 is 28.0. The average Bonchev–Trinajstić information content (AvgIpc) is 2.91. The lowest BCUT2D eigenvalue weighted by Gasteiger charge is -2.09. The predicted octanol–water partition coefficient (Wildman–Crippen LogP) is 3.00. The fourth-order valence-corrected chi connectivity index (χ4v) is 2.52. The molecular weight excluding hydrogens is 284 g/mol. The van der Waals surface area contributed by atoms with Crippen LogP contribution in [-0.2, 0) is 0 Å². The third-order valence-corrected chi connectivity index (χ3v) is 3.55. The highest BCUT2D eigenvalue weighted by atomic mass is 32.1. The minimum absolute atomic E-state index is 0.162. The lowest BCUT2D eigenvalue weighted by atomic mass is 10.3. The van der Waals surface area contributed by atoms with Crippen molar-refractivity contribution in [3.8, 4) is 0 Å². The topological polar surface area (TPSA) is 75.9 Å². The van der Waals surface area contributed by atoms with Crippen LogP contribution < -0.4 is 16.6 Å². The molecule has 0 saturated carbocycles. The molecule has 0 radical (unpaired) electrons. The van der Waals surface area contributed by atoms with Gasteiger partial charge in [-0.2, -0.15) is 4.98 Å². The van der Waals surface area contributed by atoms with Crippen LogP contribution in [0.3, 0.4) is 0 Å². The van der Waals surface area contributed by atoms with E-state index in [1.54, 1.807) is 6.07 Å². The SMILES string of the molecule is NNc1nc(Nc2c(F)cccc2F)c2sccc2n1. The molecule has 1 aromatic carbocycles. The molecule has 5 nitrogen and oxygen atoms in total. The van der Waals surface area contributed by atoms with Crippen LogP contribution in [0.5, 0.6) is 0 Å². The number of para-hydroxylation sites is 1. The van der Waals surface area contributed by atoms with E-state index in [0.29, 0.717) is 16.0 Å². The van der Waals surface area contributed by atoms with Crippen LogP contribution in [0.25, 0.3) is 10.2 Å². The third kappa shape index (κ3) is 2.15. The molecule has 0 unspecified atom stereocenters. The van der Waals surface area contributed by atoms with E-state index in [4.69, 9.17) is 5.84 Å². The summed E-state index contributed by atoms with van der Waals surface area (Å²) in [6.45, 7) is 0. The van der Waals surface area contributed by atoms with E-state index < -0.39 is 11.6 Å². The van der Waals surface area contributed by atoms with Crippen molar-refractivity contribution in [2.24, 2.45) is 5.84 Å². The summed E-state index contributed by atoms with van der Waals surface area (Å²) in [4.78, 5) is 8.22. The van der Waals surface area contributed by atoms with Gasteiger partial charge in [-0.1, -0.05) is 6.07 Å². The van der Waals surface area contributed by atoms with Crippen LogP contribution in [0.2, 0.25) is 0 Å². The Labute approximate surface area is 116 Å². The molecule has 4 N–H and O–H groups in total. The number of halogens is 2. The summed E-state index contributed by atoms with van der Waals surface area (Å²) in [5.74, 6) is 4.34. The largest absolute Gasteiger partial charge is 0.334 e. The molecule has 0 saturated heterocycles. The van der Waals surface area contributed by atoms with Gasteiger partial charge >= 0.3 is 0 Å². The van der Waals surface area contributed by atoms with Gasteiger partial charge < -0.3 is 5.32 Å². The number of fused-ring (bicyclic) bond motifs is 1. The fraction of sp³-hybridized carbons (Fsp3) is 0. The quantitative estimate of drug-likeness (QED) is 0.511. The van der Waals surface area contributed by atoms with Gasteiger partial charge in [0.25, 0.3) is 0 Å². The molecule has 0 spiro atoms. The lowest BCUT2D eigenvalue weighted by Crippen LogP contribution is -2.11. The van der Waals surface area contributed by atoms with Gasteiger partial charge in [0.2, 0.25) is 5.95 Å². The Morgan fingerprint density at radius 2 is 1.85 bits per heavy atom. The Hall–Kier alpha value is -2.32. The van der Waals surface area contributed by atoms with Gasteiger partial charge in [0.15, 0.2) is 5.82 Å². The van der Waals surface area contributed by atoms with E-state index in [2.05, 4.69) is 20.7 Å². The van der Waals surface area contributed by atoms with Gasteiger partial charge in [0.05, 0.1) is 10.2 Å². The molecule has 0 aliphatic carbocycles. The van der Waals surface area contributed by atoms with Crippen LogP contribution in [0.1, 0.15) is 0 Å². The summed E-state index contributed by atoms with van der Waals surface area (Å²) in [5, 5.41) is 4.47. The molecule has 2 heterocycles. The first-order chi connectivity index (χ1) is 9.69. The monoisotopic (exact) mass is 293 g/mol.